The van der Waals surface area contributed by atoms with Crippen molar-refractivity contribution < 1.29 is 13.7 Å². The Labute approximate surface area is 139 Å². The van der Waals surface area contributed by atoms with Crippen molar-refractivity contribution in [2.75, 3.05) is 38.7 Å². The van der Waals surface area contributed by atoms with E-state index in [4.69, 9.17) is 8.94 Å². The van der Waals surface area contributed by atoms with Crippen LogP contribution in [-0.4, -0.2) is 65.6 Å². The molecule has 0 saturated carbocycles. The molecule has 0 N–H and O–H groups in total. The largest absolute Gasteiger partial charge is 0.461 e. The van der Waals surface area contributed by atoms with E-state index in [1.807, 2.05) is 30.8 Å². The maximum Gasteiger partial charge on any atom is 0.276 e. The number of thioether (sulfide) groups is 1. The molecule has 0 radical (unpaired) electrons. The number of carbonyl (C=O) groups excluding carboxylic acids is 1. The zero-order valence-corrected chi connectivity index (χ0v) is 14.2. The van der Waals surface area contributed by atoms with Crippen molar-refractivity contribution in [3.05, 3.63) is 30.2 Å². The molecule has 124 valence electrons. The highest BCUT2D eigenvalue weighted by atomic mass is 32.2. The van der Waals surface area contributed by atoms with Crippen LogP contribution in [0.15, 0.2) is 33.4 Å². The molecule has 0 aliphatic carbocycles. The lowest BCUT2D eigenvalue weighted by Gasteiger charge is -2.31. The molecule has 3 rings (SSSR count). The van der Waals surface area contributed by atoms with E-state index in [1.54, 1.807) is 24.5 Å². The molecule has 1 fully saturated rings. The minimum atomic E-state index is -0.0686. The average Bonchev–Trinajstić information content (AvgIpc) is 3.15. The van der Waals surface area contributed by atoms with Gasteiger partial charge in [-0.1, -0.05) is 5.16 Å². The zero-order valence-electron chi connectivity index (χ0n) is 13.4. The first-order chi connectivity index (χ1) is 11.1. The third-order valence-corrected chi connectivity index (χ3v) is 4.97. The van der Waals surface area contributed by atoms with Crippen LogP contribution in [0, 0.1) is 0 Å². The fourth-order valence-corrected chi connectivity index (χ4v) is 3.78. The van der Waals surface area contributed by atoms with Crippen molar-refractivity contribution in [2.45, 2.75) is 12.5 Å². The van der Waals surface area contributed by atoms with Gasteiger partial charge in [-0.25, -0.2) is 0 Å². The molecule has 6 nitrogen and oxygen atoms in total. The lowest BCUT2D eigenvalue weighted by Crippen LogP contribution is -2.46. The summed E-state index contributed by atoms with van der Waals surface area (Å²) in [5, 5.41) is 3.94. The molecular formula is C16H21N3O3S. The van der Waals surface area contributed by atoms with Gasteiger partial charge in [0, 0.05) is 24.9 Å². The number of furan rings is 1. The van der Waals surface area contributed by atoms with Crippen LogP contribution >= 0.6 is 11.8 Å². The van der Waals surface area contributed by atoms with E-state index < -0.39 is 0 Å². The molecule has 0 spiro atoms. The summed E-state index contributed by atoms with van der Waals surface area (Å²) in [6.45, 7) is 1.61. The molecular weight excluding hydrogens is 314 g/mol. The summed E-state index contributed by atoms with van der Waals surface area (Å²) in [6.07, 6.45) is 2.57. The summed E-state index contributed by atoms with van der Waals surface area (Å²) < 4.78 is 10.5. The Morgan fingerprint density at radius 3 is 3.09 bits per heavy atom. The molecule has 1 saturated heterocycles. The van der Waals surface area contributed by atoms with Crippen LogP contribution in [0.2, 0.25) is 0 Å². The Hall–Kier alpha value is -1.73. The van der Waals surface area contributed by atoms with Crippen LogP contribution in [0.4, 0.5) is 0 Å². The number of hydrogen-bond donors (Lipinski definition) is 0. The van der Waals surface area contributed by atoms with Gasteiger partial charge in [-0.2, -0.15) is 11.8 Å². The van der Waals surface area contributed by atoms with E-state index in [0.29, 0.717) is 17.2 Å². The standard InChI is InChI=1S/C16H21N3O3S/c1-18(2)10-12-11-23-8-4-6-19(12)16(20)13-9-15(22-17-13)14-5-3-7-21-14/h3,5,7,9,12H,4,6,8,10-11H2,1-2H3. The number of nitrogens with zero attached hydrogens (tertiary/aromatic N) is 3. The van der Waals surface area contributed by atoms with E-state index in [1.165, 1.54) is 0 Å². The summed E-state index contributed by atoms with van der Waals surface area (Å²) in [6, 6.07) is 5.41. The Morgan fingerprint density at radius 1 is 1.48 bits per heavy atom. The van der Waals surface area contributed by atoms with Crippen LogP contribution in [0.25, 0.3) is 11.5 Å². The van der Waals surface area contributed by atoms with Gasteiger partial charge in [0.05, 0.1) is 12.3 Å². The summed E-state index contributed by atoms with van der Waals surface area (Å²) in [5.41, 5.74) is 0.340. The highest BCUT2D eigenvalue weighted by molar-refractivity contribution is 7.99. The minimum Gasteiger partial charge on any atom is -0.461 e. The summed E-state index contributed by atoms with van der Waals surface area (Å²) in [4.78, 5) is 16.9. The Kier molecular flexibility index (Phi) is 5.07. The number of carbonyl (C=O) groups is 1. The van der Waals surface area contributed by atoms with Crippen LogP contribution < -0.4 is 0 Å². The number of aromatic nitrogens is 1. The van der Waals surface area contributed by atoms with Gasteiger partial charge in [-0.3, -0.25) is 4.79 Å². The SMILES string of the molecule is CN(C)CC1CSCCCN1C(=O)c1cc(-c2ccco2)on1. The van der Waals surface area contributed by atoms with Gasteiger partial charge in [0.2, 0.25) is 5.76 Å². The van der Waals surface area contributed by atoms with Crippen LogP contribution in [0.5, 0.6) is 0 Å². The van der Waals surface area contributed by atoms with Crippen LogP contribution in [0.1, 0.15) is 16.9 Å². The second-order valence-corrected chi connectivity index (χ2v) is 7.05. The normalized spacial score (nSPS) is 19.1. The first-order valence-corrected chi connectivity index (χ1v) is 8.84. The maximum absolute atomic E-state index is 12.9. The second kappa shape index (κ2) is 7.23. The number of amides is 1. The number of rotatable bonds is 4. The van der Waals surface area contributed by atoms with Crippen molar-refractivity contribution in [3.63, 3.8) is 0 Å². The molecule has 0 aromatic carbocycles. The average molecular weight is 335 g/mol. The highest BCUT2D eigenvalue weighted by Crippen LogP contribution is 2.23. The topological polar surface area (TPSA) is 62.7 Å². The lowest BCUT2D eigenvalue weighted by molar-refractivity contribution is 0.0665. The van der Waals surface area contributed by atoms with Gasteiger partial charge in [0.15, 0.2) is 11.5 Å². The van der Waals surface area contributed by atoms with Gasteiger partial charge in [-0.05, 0) is 38.4 Å². The lowest BCUT2D eigenvalue weighted by atomic mass is 10.2. The predicted molar refractivity (Wildman–Crippen MR) is 89.5 cm³/mol. The molecule has 23 heavy (non-hydrogen) atoms. The molecule has 1 aliphatic heterocycles. The molecule has 3 heterocycles. The van der Waals surface area contributed by atoms with Crippen LogP contribution in [-0.2, 0) is 0 Å². The van der Waals surface area contributed by atoms with E-state index >= 15 is 0 Å². The molecule has 2 aromatic rings. The van der Waals surface area contributed by atoms with Crippen molar-refractivity contribution in [2.24, 2.45) is 0 Å². The maximum atomic E-state index is 12.9. The van der Waals surface area contributed by atoms with Crippen molar-refractivity contribution in [1.82, 2.24) is 15.0 Å². The highest BCUT2D eigenvalue weighted by Gasteiger charge is 2.29. The monoisotopic (exact) mass is 335 g/mol. The minimum absolute atomic E-state index is 0.0686. The van der Waals surface area contributed by atoms with Crippen molar-refractivity contribution in [3.8, 4) is 11.5 Å². The molecule has 7 heteroatoms. The van der Waals surface area contributed by atoms with E-state index in [0.717, 1.165) is 31.0 Å². The van der Waals surface area contributed by atoms with E-state index in [-0.39, 0.29) is 11.9 Å². The van der Waals surface area contributed by atoms with Crippen molar-refractivity contribution >= 4 is 17.7 Å². The number of hydrogen-bond acceptors (Lipinski definition) is 6. The van der Waals surface area contributed by atoms with E-state index in [2.05, 4.69) is 10.1 Å². The van der Waals surface area contributed by atoms with Gasteiger partial charge in [0.25, 0.3) is 5.91 Å². The Bertz CT molecular complexity index is 639. The zero-order chi connectivity index (χ0) is 16.2. The number of likely N-dealkylation sites (N-methyl/N-ethyl adjacent to an activating group) is 1. The Balaban J connectivity index is 1.79. The van der Waals surface area contributed by atoms with E-state index in [9.17, 15) is 4.79 Å². The molecule has 2 aromatic heterocycles. The quantitative estimate of drug-likeness (QED) is 0.855. The molecule has 1 unspecified atom stereocenters. The first kappa shape index (κ1) is 16.1. The van der Waals surface area contributed by atoms with Crippen LogP contribution in [0.3, 0.4) is 0 Å². The summed E-state index contributed by atoms with van der Waals surface area (Å²) >= 11 is 1.91. The second-order valence-electron chi connectivity index (χ2n) is 5.90. The Morgan fingerprint density at radius 2 is 2.35 bits per heavy atom. The van der Waals surface area contributed by atoms with Gasteiger partial charge in [0.1, 0.15) is 0 Å². The predicted octanol–water partition coefficient (Wildman–Crippen LogP) is 2.44. The smallest absolute Gasteiger partial charge is 0.276 e. The third-order valence-electron chi connectivity index (χ3n) is 3.77. The molecule has 1 amide bonds. The molecule has 0 bridgehead atoms. The third kappa shape index (κ3) is 3.79. The molecule has 1 atom stereocenters. The fourth-order valence-electron chi connectivity index (χ4n) is 2.73. The summed E-state index contributed by atoms with van der Waals surface area (Å²) in [7, 11) is 4.06. The fraction of sp³-hybridized carbons (Fsp3) is 0.500. The van der Waals surface area contributed by atoms with Gasteiger partial charge >= 0.3 is 0 Å². The van der Waals surface area contributed by atoms with Gasteiger partial charge in [-0.15, -0.1) is 0 Å². The summed E-state index contributed by atoms with van der Waals surface area (Å²) in [5.74, 6) is 3.03. The van der Waals surface area contributed by atoms with Crippen molar-refractivity contribution in [1.29, 1.82) is 0 Å². The molecule has 1 aliphatic rings. The first-order valence-electron chi connectivity index (χ1n) is 7.69. The van der Waals surface area contributed by atoms with Gasteiger partial charge < -0.3 is 18.7 Å².